The van der Waals surface area contributed by atoms with Gasteiger partial charge in [0.15, 0.2) is 0 Å². The van der Waals surface area contributed by atoms with Crippen LogP contribution in [-0.4, -0.2) is 32.1 Å². The summed E-state index contributed by atoms with van der Waals surface area (Å²) in [6, 6.07) is 6.53. The number of likely N-dealkylation sites (tertiary alicyclic amines) is 1. The zero-order valence-corrected chi connectivity index (χ0v) is 13.3. The molecule has 18 heavy (non-hydrogen) atoms. The highest BCUT2D eigenvalue weighted by Gasteiger charge is 2.31. The maximum atomic E-state index is 6.15. The van der Waals surface area contributed by atoms with Crippen LogP contribution in [0.5, 0.6) is 0 Å². The first-order valence-electron chi connectivity index (χ1n) is 6.43. The van der Waals surface area contributed by atoms with Gasteiger partial charge in [-0.3, -0.25) is 4.90 Å². The molecule has 100 valence electrons. The summed E-state index contributed by atoms with van der Waals surface area (Å²) in [7, 11) is 4.23. The van der Waals surface area contributed by atoms with E-state index in [0.717, 1.165) is 22.6 Å². The van der Waals surface area contributed by atoms with Crippen molar-refractivity contribution >= 4 is 27.5 Å². The van der Waals surface area contributed by atoms with Crippen molar-refractivity contribution in [3.63, 3.8) is 0 Å². The summed E-state index contributed by atoms with van der Waals surface area (Å²) in [6.07, 6.45) is 2.55. The molecule has 1 N–H and O–H groups in total. The Hall–Kier alpha value is -0.0900. The molecule has 2 rings (SSSR count). The summed E-state index contributed by atoms with van der Waals surface area (Å²) >= 11 is 9.82. The van der Waals surface area contributed by atoms with E-state index in [-0.39, 0.29) is 0 Å². The van der Waals surface area contributed by atoms with E-state index < -0.39 is 0 Å². The van der Waals surface area contributed by atoms with E-state index in [1.54, 1.807) is 0 Å². The third-order valence-electron chi connectivity index (χ3n) is 3.75. The highest BCUT2D eigenvalue weighted by Crippen LogP contribution is 2.38. The van der Waals surface area contributed by atoms with Crippen molar-refractivity contribution in [3.05, 3.63) is 33.3 Å². The van der Waals surface area contributed by atoms with Gasteiger partial charge in [0.05, 0.1) is 0 Å². The number of halogens is 2. The predicted molar refractivity (Wildman–Crippen MR) is 81.2 cm³/mol. The van der Waals surface area contributed by atoms with Crippen LogP contribution in [0.25, 0.3) is 0 Å². The van der Waals surface area contributed by atoms with Crippen LogP contribution < -0.4 is 5.32 Å². The molecule has 1 fully saturated rings. The summed E-state index contributed by atoms with van der Waals surface area (Å²) in [5, 5.41) is 4.13. The van der Waals surface area contributed by atoms with Crippen LogP contribution >= 0.6 is 27.5 Å². The van der Waals surface area contributed by atoms with E-state index in [0.29, 0.717) is 12.0 Å². The predicted octanol–water partition coefficient (Wildman–Crippen LogP) is 3.70. The molecule has 2 atom stereocenters. The molecule has 0 spiro atoms. The maximum Gasteiger partial charge on any atom is 0.0410 e. The fourth-order valence-corrected chi connectivity index (χ4v) is 3.63. The van der Waals surface area contributed by atoms with Crippen LogP contribution in [0.4, 0.5) is 0 Å². The van der Waals surface area contributed by atoms with Crippen LogP contribution in [0.15, 0.2) is 22.7 Å². The van der Waals surface area contributed by atoms with Gasteiger partial charge in [-0.2, -0.15) is 0 Å². The maximum absolute atomic E-state index is 6.15. The van der Waals surface area contributed by atoms with Crippen molar-refractivity contribution in [2.75, 3.05) is 27.2 Å². The summed E-state index contributed by atoms with van der Waals surface area (Å²) in [6.45, 7) is 2.21. The number of hydrogen-bond donors (Lipinski definition) is 1. The van der Waals surface area contributed by atoms with Crippen molar-refractivity contribution in [1.82, 2.24) is 10.2 Å². The Bertz CT molecular complexity index is 409. The monoisotopic (exact) mass is 330 g/mol. The van der Waals surface area contributed by atoms with Gasteiger partial charge in [0.2, 0.25) is 0 Å². The lowest BCUT2D eigenvalue weighted by molar-refractivity contribution is 0.120. The highest BCUT2D eigenvalue weighted by atomic mass is 79.9. The largest absolute Gasteiger partial charge is 0.319 e. The fraction of sp³-hybridized carbons (Fsp3) is 0.571. The fourth-order valence-electron chi connectivity index (χ4n) is 2.97. The number of piperidine rings is 1. The molecule has 1 aromatic rings. The first kappa shape index (κ1) is 14.3. The van der Waals surface area contributed by atoms with Gasteiger partial charge in [-0.25, -0.2) is 0 Å². The molecular formula is C14H20BrClN2. The molecule has 1 aliphatic heterocycles. The molecular weight excluding hydrogens is 312 g/mol. The molecule has 2 unspecified atom stereocenters. The van der Waals surface area contributed by atoms with Gasteiger partial charge >= 0.3 is 0 Å². The second-order valence-corrected chi connectivity index (χ2v) is 6.34. The minimum absolute atomic E-state index is 0.444. The Balaban J connectivity index is 2.33. The van der Waals surface area contributed by atoms with Crippen molar-refractivity contribution in [2.24, 2.45) is 5.92 Å². The molecule has 0 radical (unpaired) electrons. The number of rotatable bonds is 3. The quantitative estimate of drug-likeness (QED) is 0.908. The minimum Gasteiger partial charge on any atom is -0.319 e. The molecule has 1 heterocycles. The first-order valence-corrected chi connectivity index (χ1v) is 7.60. The van der Waals surface area contributed by atoms with Gasteiger partial charge in [0.1, 0.15) is 0 Å². The normalized spacial score (nSPS) is 25.3. The summed E-state index contributed by atoms with van der Waals surface area (Å²) in [5.74, 6) is 0.642. The van der Waals surface area contributed by atoms with E-state index in [4.69, 9.17) is 11.6 Å². The zero-order chi connectivity index (χ0) is 13.1. The second-order valence-electron chi connectivity index (χ2n) is 5.05. The van der Waals surface area contributed by atoms with E-state index in [1.165, 1.54) is 18.4 Å². The molecule has 0 aromatic heterocycles. The third kappa shape index (κ3) is 3.08. The zero-order valence-electron chi connectivity index (χ0n) is 10.9. The van der Waals surface area contributed by atoms with Crippen LogP contribution in [0.3, 0.4) is 0 Å². The Kier molecular flexibility index (Phi) is 5.07. The second kappa shape index (κ2) is 6.38. The molecule has 1 aliphatic rings. The van der Waals surface area contributed by atoms with Gasteiger partial charge in [-0.15, -0.1) is 0 Å². The topological polar surface area (TPSA) is 15.3 Å². The molecule has 4 heteroatoms. The van der Waals surface area contributed by atoms with Gasteiger partial charge in [0.25, 0.3) is 0 Å². The lowest BCUT2D eigenvalue weighted by atomic mass is 9.85. The van der Waals surface area contributed by atoms with Gasteiger partial charge < -0.3 is 5.32 Å². The lowest BCUT2D eigenvalue weighted by Gasteiger charge is -2.40. The number of nitrogens with zero attached hydrogens (tertiary/aromatic N) is 1. The Morgan fingerprint density at radius 3 is 3.00 bits per heavy atom. The summed E-state index contributed by atoms with van der Waals surface area (Å²) < 4.78 is 1.16. The number of benzene rings is 1. The highest BCUT2D eigenvalue weighted by molar-refractivity contribution is 9.10. The van der Waals surface area contributed by atoms with Crippen LogP contribution in [0.1, 0.15) is 24.4 Å². The standard InChI is InChI=1S/C14H20BrClN2/c1-17-9-10-4-3-7-18(2)14(10)12-8-11(16)5-6-13(12)15/h5-6,8,10,14,17H,3-4,7,9H2,1-2H3. The van der Waals surface area contributed by atoms with Crippen molar-refractivity contribution in [2.45, 2.75) is 18.9 Å². The smallest absolute Gasteiger partial charge is 0.0410 e. The van der Waals surface area contributed by atoms with Crippen LogP contribution in [-0.2, 0) is 0 Å². The first-order chi connectivity index (χ1) is 8.63. The molecule has 0 bridgehead atoms. The average molecular weight is 332 g/mol. The molecule has 0 aliphatic carbocycles. The average Bonchev–Trinajstić information content (AvgIpc) is 2.34. The van der Waals surface area contributed by atoms with Crippen LogP contribution in [0, 0.1) is 5.92 Å². The molecule has 0 amide bonds. The Morgan fingerprint density at radius 2 is 2.28 bits per heavy atom. The summed E-state index contributed by atoms with van der Waals surface area (Å²) in [4.78, 5) is 2.45. The molecule has 1 saturated heterocycles. The molecule has 1 aromatic carbocycles. The number of hydrogen-bond acceptors (Lipinski definition) is 2. The van der Waals surface area contributed by atoms with E-state index in [1.807, 2.05) is 13.1 Å². The van der Waals surface area contributed by atoms with Gasteiger partial charge in [-0.05, 0) is 69.7 Å². The van der Waals surface area contributed by atoms with Crippen LogP contribution in [0.2, 0.25) is 5.02 Å². The van der Waals surface area contributed by atoms with Gasteiger partial charge in [-0.1, -0.05) is 27.5 Å². The Morgan fingerprint density at radius 1 is 1.50 bits per heavy atom. The van der Waals surface area contributed by atoms with E-state index >= 15 is 0 Å². The van der Waals surface area contributed by atoms with E-state index in [2.05, 4.69) is 45.3 Å². The number of nitrogens with one attached hydrogen (secondary N) is 1. The SMILES string of the molecule is CNCC1CCCN(C)C1c1cc(Cl)ccc1Br. The summed E-state index contributed by atoms with van der Waals surface area (Å²) in [5.41, 5.74) is 1.31. The minimum atomic E-state index is 0.444. The Labute approximate surface area is 123 Å². The van der Waals surface area contributed by atoms with Crippen molar-refractivity contribution < 1.29 is 0 Å². The van der Waals surface area contributed by atoms with Crippen molar-refractivity contribution in [3.8, 4) is 0 Å². The molecule has 0 saturated carbocycles. The third-order valence-corrected chi connectivity index (χ3v) is 4.71. The lowest BCUT2D eigenvalue weighted by Crippen LogP contribution is -2.40. The van der Waals surface area contributed by atoms with Gasteiger partial charge in [0, 0.05) is 15.5 Å². The molecule has 2 nitrogen and oxygen atoms in total. The van der Waals surface area contributed by atoms with E-state index in [9.17, 15) is 0 Å². The van der Waals surface area contributed by atoms with Crippen molar-refractivity contribution in [1.29, 1.82) is 0 Å².